The van der Waals surface area contributed by atoms with Crippen molar-refractivity contribution >= 4 is 31.9 Å². The molecule has 0 radical (unpaired) electrons. The SMILES string of the molecule is OCc1cc(Br)cnc1OCc1ccccc1Br. The second-order valence-corrected chi connectivity index (χ2v) is 5.43. The summed E-state index contributed by atoms with van der Waals surface area (Å²) in [7, 11) is 0. The molecule has 1 N–H and O–H groups in total. The van der Waals surface area contributed by atoms with Gasteiger partial charge in [-0.05, 0) is 28.1 Å². The van der Waals surface area contributed by atoms with E-state index in [1.165, 1.54) is 0 Å². The monoisotopic (exact) mass is 371 g/mol. The molecule has 0 bridgehead atoms. The van der Waals surface area contributed by atoms with Crippen LogP contribution in [0.1, 0.15) is 11.1 Å². The molecule has 2 rings (SSSR count). The second-order valence-electron chi connectivity index (χ2n) is 3.66. The minimum absolute atomic E-state index is 0.0995. The Morgan fingerprint density at radius 1 is 1.17 bits per heavy atom. The Bertz CT molecular complexity index is 546. The van der Waals surface area contributed by atoms with Crippen molar-refractivity contribution in [3.63, 3.8) is 0 Å². The maximum absolute atomic E-state index is 9.24. The zero-order valence-corrected chi connectivity index (χ0v) is 12.6. The molecule has 0 atom stereocenters. The zero-order valence-electron chi connectivity index (χ0n) is 9.44. The van der Waals surface area contributed by atoms with Crippen LogP contribution in [-0.2, 0) is 13.2 Å². The van der Waals surface area contributed by atoms with Crippen LogP contribution in [0.15, 0.2) is 45.5 Å². The van der Waals surface area contributed by atoms with E-state index >= 15 is 0 Å². The Morgan fingerprint density at radius 3 is 2.67 bits per heavy atom. The molecule has 0 aliphatic carbocycles. The number of nitrogens with zero attached hydrogens (tertiary/aromatic N) is 1. The number of aliphatic hydroxyl groups is 1. The Balaban J connectivity index is 2.13. The highest BCUT2D eigenvalue weighted by atomic mass is 79.9. The van der Waals surface area contributed by atoms with Gasteiger partial charge in [0.25, 0.3) is 0 Å². The summed E-state index contributed by atoms with van der Waals surface area (Å²) in [6.07, 6.45) is 1.65. The summed E-state index contributed by atoms with van der Waals surface area (Å²) in [6.45, 7) is 0.306. The van der Waals surface area contributed by atoms with Crippen molar-refractivity contribution in [3.05, 3.63) is 56.6 Å². The Kier molecular flexibility index (Phi) is 4.74. The molecule has 1 aromatic carbocycles. The maximum atomic E-state index is 9.24. The van der Waals surface area contributed by atoms with Crippen molar-refractivity contribution < 1.29 is 9.84 Å². The molecule has 0 spiro atoms. The van der Waals surface area contributed by atoms with Crippen molar-refractivity contribution in [1.29, 1.82) is 0 Å². The molecule has 5 heteroatoms. The Labute approximate surface area is 122 Å². The lowest BCUT2D eigenvalue weighted by atomic mass is 10.2. The summed E-state index contributed by atoms with van der Waals surface area (Å²) in [5.41, 5.74) is 1.70. The van der Waals surface area contributed by atoms with Crippen LogP contribution in [-0.4, -0.2) is 10.1 Å². The topological polar surface area (TPSA) is 42.4 Å². The number of halogens is 2. The molecule has 0 saturated carbocycles. The molecule has 94 valence electrons. The van der Waals surface area contributed by atoms with Crippen LogP contribution in [0.5, 0.6) is 5.88 Å². The molecule has 0 fully saturated rings. The predicted octanol–water partition coefficient (Wildman–Crippen LogP) is 3.68. The lowest BCUT2D eigenvalue weighted by Crippen LogP contribution is -2.01. The minimum Gasteiger partial charge on any atom is -0.472 e. The molecule has 0 aliphatic rings. The summed E-state index contributed by atoms with van der Waals surface area (Å²) in [4.78, 5) is 4.15. The normalized spacial score (nSPS) is 10.4. The number of ether oxygens (including phenoxy) is 1. The third kappa shape index (κ3) is 3.31. The molecule has 0 aliphatic heterocycles. The van der Waals surface area contributed by atoms with Crippen molar-refractivity contribution in [1.82, 2.24) is 4.98 Å². The number of hydrogen-bond donors (Lipinski definition) is 1. The van der Waals surface area contributed by atoms with E-state index in [-0.39, 0.29) is 6.61 Å². The molecular formula is C13H11Br2NO2. The van der Waals surface area contributed by atoms with E-state index in [9.17, 15) is 5.11 Å². The predicted molar refractivity (Wildman–Crippen MR) is 76.3 cm³/mol. The van der Waals surface area contributed by atoms with Crippen LogP contribution in [0.2, 0.25) is 0 Å². The van der Waals surface area contributed by atoms with Crippen LogP contribution < -0.4 is 4.74 Å². The van der Waals surface area contributed by atoms with Crippen LogP contribution in [0.25, 0.3) is 0 Å². The third-order valence-corrected chi connectivity index (χ3v) is 3.59. The fourth-order valence-electron chi connectivity index (χ4n) is 1.47. The summed E-state index contributed by atoms with van der Waals surface area (Å²) in [5.74, 6) is 0.455. The van der Waals surface area contributed by atoms with E-state index in [2.05, 4.69) is 36.8 Å². The van der Waals surface area contributed by atoms with Gasteiger partial charge < -0.3 is 9.84 Å². The first-order valence-corrected chi connectivity index (χ1v) is 6.91. The number of hydrogen-bond acceptors (Lipinski definition) is 3. The summed E-state index contributed by atoms with van der Waals surface area (Å²) in [6, 6.07) is 9.63. The van der Waals surface area contributed by atoms with Crippen molar-refractivity contribution in [2.45, 2.75) is 13.2 Å². The van der Waals surface area contributed by atoms with E-state index in [1.807, 2.05) is 24.3 Å². The lowest BCUT2D eigenvalue weighted by Gasteiger charge is -2.10. The smallest absolute Gasteiger partial charge is 0.219 e. The van der Waals surface area contributed by atoms with Gasteiger partial charge in [0.15, 0.2) is 0 Å². The highest BCUT2D eigenvalue weighted by Gasteiger charge is 2.07. The van der Waals surface area contributed by atoms with Gasteiger partial charge >= 0.3 is 0 Å². The Hall–Kier alpha value is -0.910. The number of rotatable bonds is 4. The van der Waals surface area contributed by atoms with Crippen LogP contribution in [0.4, 0.5) is 0 Å². The largest absolute Gasteiger partial charge is 0.472 e. The van der Waals surface area contributed by atoms with E-state index in [0.717, 1.165) is 14.5 Å². The standard InChI is InChI=1S/C13H11Br2NO2/c14-11-5-10(7-17)13(16-6-11)18-8-9-3-1-2-4-12(9)15/h1-6,17H,7-8H2. The molecule has 0 unspecified atom stereocenters. The number of benzene rings is 1. The van der Waals surface area contributed by atoms with Crippen LogP contribution >= 0.6 is 31.9 Å². The highest BCUT2D eigenvalue weighted by molar-refractivity contribution is 9.10. The van der Waals surface area contributed by atoms with Gasteiger partial charge in [0, 0.05) is 26.3 Å². The van der Waals surface area contributed by atoms with Crippen molar-refractivity contribution in [3.8, 4) is 5.88 Å². The summed E-state index contributed by atoms with van der Waals surface area (Å²) in [5, 5.41) is 9.24. The van der Waals surface area contributed by atoms with Gasteiger partial charge in [0.05, 0.1) is 6.61 Å². The van der Waals surface area contributed by atoms with E-state index in [0.29, 0.717) is 18.1 Å². The molecule has 1 aromatic heterocycles. The molecule has 0 amide bonds. The van der Waals surface area contributed by atoms with Gasteiger partial charge in [-0.2, -0.15) is 0 Å². The molecule has 3 nitrogen and oxygen atoms in total. The lowest BCUT2D eigenvalue weighted by molar-refractivity contribution is 0.252. The third-order valence-electron chi connectivity index (χ3n) is 2.38. The number of aromatic nitrogens is 1. The van der Waals surface area contributed by atoms with Gasteiger partial charge in [-0.3, -0.25) is 0 Å². The van der Waals surface area contributed by atoms with E-state index in [1.54, 1.807) is 12.3 Å². The minimum atomic E-state index is -0.0995. The van der Waals surface area contributed by atoms with Gasteiger partial charge in [0.1, 0.15) is 6.61 Å². The first-order valence-electron chi connectivity index (χ1n) is 5.32. The van der Waals surface area contributed by atoms with Crippen LogP contribution in [0, 0.1) is 0 Å². The number of pyridine rings is 1. The van der Waals surface area contributed by atoms with E-state index in [4.69, 9.17) is 4.74 Å². The van der Waals surface area contributed by atoms with E-state index < -0.39 is 0 Å². The first kappa shape index (κ1) is 13.5. The fourth-order valence-corrected chi connectivity index (χ4v) is 2.25. The highest BCUT2D eigenvalue weighted by Crippen LogP contribution is 2.22. The molecule has 1 heterocycles. The Morgan fingerprint density at radius 2 is 1.94 bits per heavy atom. The second kappa shape index (κ2) is 6.31. The van der Waals surface area contributed by atoms with Gasteiger partial charge in [-0.1, -0.05) is 34.1 Å². The zero-order chi connectivity index (χ0) is 13.0. The van der Waals surface area contributed by atoms with Crippen molar-refractivity contribution in [2.75, 3.05) is 0 Å². The quantitative estimate of drug-likeness (QED) is 0.890. The maximum Gasteiger partial charge on any atom is 0.219 e. The fraction of sp³-hybridized carbons (Fsp3) is 0.154. The van der Waals surface area contributed by atoms with Crippen molar-refractivity contribution in [2.24, 2.45) is 0 Å². The average molecular weight is 373 g/mol. The van der Waals surface area contributed by atoms with Gasteiger partial charge in [-0.25, -0.2) is 4.98 Å². The van der Waals surface area contributed by atoms with Gasteiger partial charge in [0.2, 0.25) is 5.88 Å². The van der Waals surface area contributed by atoms with Crippen LogP contribution in [0.3, 0.4) is 0 Å². The summed E-state index contributed by atoms with van der Waals surface area (Å²) >= 11 is 6.77. The average Bonchev–Trinajstić information content (AvgIpc) is 2.39. The molecular weight excluding hydrogens is 362 g/mol. The molecule has 0 saturated heterocycles. The molecule has 2 aromatic rings. The summed E-state index contributed by atoms with van der Waals surface area (Å²) < 4.78 is 7.44. The molecule has 18 heavy (non-hydrogen) atoms. The first-order chi connectivity index (χ1) is 8.70. The van der Waals surface area contributed by atoms with Gasteiger partial charge in [-0.15, -0.1) is 0 Å². The number of aliphatic hydroxyl groups excluding tert-OH is 1.